The summed E-state index contributed by atoms with van der Waals surface area (Å²) < 4.78 is 10.7. The molecular weight excluding hydrogens is 336 g/mol. The SMILES string of the molecule is Cc1cccc(C2=N/C(=C\c3ccc(N4CCOCC4)s3)C(=O)O2)c1. The molecule has 25 heavy (non-hydrogen) atoms. The van der Waals surface area contributed by atoms with E-state index in [1.165, 1.54) is 5.00 Å². The summed E-state index contributed by atoms with van der Waals surface area (Å²) in [7, 11) is 0. The van der Waals surface area contributed by atoms with Crippen LogP contribution in [0.4, 0.5) is 5.00 Å². The van der Waals surface area contributed by atoms with Crippen LogP contribution in [0.15, 0.2) is 47.1 Å². The lowest BCUT2D eigenvalue weighted by Crippen LogP contribution is -2.35. The number of hydrogen-bond acceptors (Lipinski definition) is 6. The Morgan fingerprint density at radius 3 is 2.84 bits per heavy atom. The van der Waals surface area contributed by atoms with Gasteiger partial charge in [0.1, 0.15) is 0 Å². The highest BCUT2D eigenvalue weighted by Crippen LogP contribution is 2.29. The molecule has 128 valence electrons. The molecule has 1 aromatic heterocycles. The number of nitrogens with zero attached hydrogens (tertiary/aromatic N) is 2. The summed E-state index contributed by atoms with van der Waals surface area (Å²) in [5.41, 5.74) is 2.26. The van der Waals surface area contributed by atoms with Gasteiger partial charge < -0.3 is 14.4 Å². The Morgan fingerprint density at radius 2 is 2.04 bits per heavy atom. The number of ether oxygens (including phenoxy) is 2. The lowest BCUT2D eigenvalue weighted by atomic mass is 10.1. The predicted octanol–water partition coefficient (Wildman–Crippen LogP) is 3.24. The molecule has 4 rings (SSSR count). The molecule has 0 saturated carbocycles. The minimum atomic E-state index is -0.405. The van der Waals surface area contributed by atoms with E-state index in [1.54, 1.807) is 17.4 Å². The van der Waals surface area contributed by atoms with E-state index in [4.69, 9.17) is 9.47 Å². The maximum Gasteiger partial charge on any atom is 0.363 e. The molecule has 0 atom stereocenters. The van der Waals surface area contributed by atoms with E-state index < -0.39 is 5.97 Å². The number of benzene rings is 1. The normalized spacial score (nSPS) is 19.2. The van der Waals surface area contributed by atoms with Crippen molar-refractivity contribution in [1.29, 1.82) is 0 Å². The highest BCUT2D eigenvalue weighted by atomic mass is 32.1. The lowest BCUT2D eigenvalue weighted by Gasteiger charge is -2.27. The molecule has 1 aromatic carbocycles. The number of aliphatic imine (C=N–C) groups is 1. The number of aryl methyl sites for hydroxylation is 1. The molecule has 2 aromatic rings. The Labute approximate surface area is 150 Å². The molecule has 0 spiro atoms. The zero-order chi connectivity index (χ0) is 17.2. The molecule has 3 heterocycles. The van der Waals surface area contributed by atoms with Crippen LogP contribution in [-0.4, -0.2) is 38.2 Å². The van der Waals surface area contributed by atoms with Crippen molar-refractivity contribution in [3.8, 4) is 0 Å². The molecule has 0 radical (unpaired) electrons. The van der Waals surface area contributed by atoms with Crippen molar-refractivity contribution in [2.45, 2.75) is 6.92 Å². The Hall–Kier alpha value is -2.44. The van der Waals surface area contributed by atoms with Gasteiger partial charge in [-0.25, -0.2) is 9.79 Å². The molecule has 1 fully saturated rings. The number of esters is 1. The van der Waals surface area contributed by atoms with Crippen molar-refractivity contribution >= 4 is 34.3 Å². The monoisotopic (exact) mass is 354 g/mol. The third kappa shape index (κ3) is 3.50. The molecule has 0 aliphatic carbocycles. The van der Waals surface area contributed by atoms with Crippen molar-refractivity contribution in [2.24, 2.45) is 4.99 Å². The van der Waals surface area contributed by atoms with Crippen molar-refractivity contribution < 1.29 is 14.3 Å². The fraction of sp³-hybridized carbons (Fsp3) is 0.263. The van der Waals surface area contributed by atoms with Gasteiger partial charge in [0, 0.05) is 23.5 Å². The number of thiophene rings is 1. The zero-order valence-corrected chi connectivity index (χ0v) is 14.7. The molecule has 0 amide bonds. The molecule has 0 N–H and O–H groups in total. The summed E-state index contributed by atoms with van der Waals surface area (Å²) in [5, 5.41) is 1.18. The molecule has 2 aliphatic rings. The summed E-state index contributed by atoms with van der Waals surface area (Å²) in [5.74, 6) is -0.0391. The topological polar surface area (TPSA) is 51.1 Å². The van der Waals surface area contributed by atoms with Gasteiger partial charge in [0.2, 0.25) is 5.90 Å². The molecule has 5 nitrogen and oxygen atoms in total. The summed E-state index contributed by atoms with van der Waals surface area (Å²) >= 11 is 1.64. The fourth-order valence-electron chi connectivity index (χ4n) is 2.82. The third-order valence-corrected chi connectivity index (χ3v) is 5.19. The summed E-state index contributed by atoms with van der Waals surface area (Å²) in [6, 6.07) is 11.9. The second-order valence-corrected chi connectivity index (χ2v) is 7.07. The van der Waals surface area contributed by atoms with Crippen molar-refractivity contribution in [1.82, 2.24) is 0 Å². The first-order valence-electron chi connectivity index (χ1n) is 8.21. The highest BCUT2D eigenvalue weighted by molar-refractivity contribution is 7.16. The first-order chi connectivity index (χ1) is 12.2. The summed E-state index contributed by atoms with van der Waals surface area (Å²) in [6.45, 7) is 5.30. The van der Waals surface area contributed by atoms with Crippen LogP contribution in [0.2, 0.25) is 0 Å². The first-order valence-corrected chi connectivity index (χ1v) is 9.03. The lowest BCUT2D eigenvalue weighted by molar-refractivity contribution is -0.129. The zero-order valence-electron chi connectivity index (χ0n) is 13.9. The van der Waals surface area contributed by atoms with Crippen LogP contribution < -0.4 is 4.90 Å². The fourth-order valence-corrected chi connectivity index (χ4v) is 3.81. The molecule has 2 aliphatic heterocycles. The van der Waals surface area contributed by atoms with Gasteiger partial charge in [0.25, 0.3) is 0 Å². The minimum Gasteiger partial charge on any atom is -0.402 e. The third-order valence-electron chi connectivity index (χ3n) is 4.10. The Bertz CT molecular complexity index is 863. The van der Waals surface area contributed by atoms with E-state index in [9.17, 15) is 4.79 Å². The van der Waals surface area contributed by atoms with E-state index in [-0.39, 0.29) is 0 Å². The maximum absolute atomic E-state index is 12.1. The molecular formula is C19H18N2O3S. The van der Waals surface area contributed by atoms with E-state index in [0.717, 1.165) is 42.3 Å². The quantitative estimate of drug-likeness (QED) is 0.627. The van der Waals surface area contributed by atoms with Gasteiger partial charge in [-0.15, -0.1) is 11.3 Å². The van der Waals surface area contributed by atoms with Crippen molar-refractivity contribution in [2.75, 3.05) is 31.2 Å². The van der Waals surface area contributed by atoms with Crippen LogP contribution in [-0.2, 0) is 14.3 Å². The van der Waals surface area contributed by atoms with Gasteiger partial charge in [-0.05, 0) is 37.3 Å². The van der Waals surface area contributed by atoms with Gasteiger partial charge in [-0.3, -0.25) is 0 Å². The number of hydrogen-bond donors (Lipinski definition) is 0. The smallest absolute Gasteiger partial charge is 0.363 e. The highest BCUT2D eigenvalue weighted by Gasteiger charge is 2.24. The van der Waals surface area contributed by atoms with Gasteiger partial charge in [-0.2, -0.15) is 0 Å². The number of carbonyl (C=O) groups excluding carboxylic acids is 1. The standard InChI is InChI=1S/C19H18N2O3S/c1-13-3-2-4-14(11-13)18-20-16(19(22)24-18)12-15-5-6-17(25-15)21-7-9-23-10-8-21/h2-6,11-12H,7-10H2,1H3/b16-12-. The second kappa shape index (κ2) is 6.82. The van der Waals surface area contributed by atoms with Crippen molar-refractivity contribution in [3.63, 3.8) is 0 Å². The van der Waals surface area contributed by atoms with Gasteiger partial charge in [0.15, 0.2) is 5.70 Å². The predicted molar refractivity (Wildman–Crippen MR) is 99.1 cm³/mol. The van der Waals surface area contributed by atoms with E-state index in [0.29, 0.717) is 11.6 Å². The van der Waals surface area contributed by atoms with E-state index in [2.05, 4.69) is 16.0 Å². The minimum absolute atomic E-state index is 0.340. The average Bonchev–Trinajstić information content (AvgIpc) is 3.24. The first kappa shape index (κ1) is 16.1. The molecule has 6 heteroatoms. The number of cyclic esters (lactones) is 1. The summed E-state index contributed by atoms with van der Waals surface area (Å²) in [6.07, 6.45) is 1.79. The molecule has 0 unspecified atom stereocenters. The van der Waals surface area contributed by atoms with Crippen LogP contribution in [0.1, 0.15) is 16.0 Å². The van der Waals surface area contributed by atoms with Crippen LogP contribution in [0.25, 0.3) is 6.08 Å². The number of anilines is 1. The van der Waals surface area contributed by atoms with Gasteiger partial charge >= 0.3 is 5.97 Å². The van der Waals surface area contributed by atoms with Crippen LogP contribution in [0.3, 0.4) is 0 Å². The number of carbonyl (C=O) groups is 1. The van der Waals surface area contributed by atoms with E-state index >= 15 is 0 Å². The van der Waals surface area contributed by atoms with Crippen LogP contribution in [0, 0.1) is 6.92 Å². The Morgan fingerprint density at radius 1 is 1.20 bits per heavy atom. The van der Waals surface area contributed by atoms with Gasteiger partial charge in [0.05, 0.1) is 18.2 Å². The maximum atomic E-state index is 12.1. The van der Waals surface area contributed by atoms with Crippen LogP contribution >= 0.6 is 11.3 Å². The van der Waals surface area contributed by atoms with Crippen molar-refractivity contribution in [3.05, 3.63) is 58.1 Å². The summed E-state index contributed by atoms with van der Waals surface area (Å²) in [4.78, 5) is 19.8. The number of morpholine rings is 1. The van der Waals surface area contributed by atoms with Crippen LogP contribution in [0.5, 0.6) is 0 Å². The largest absolute Gasteiger partial charge is 0.402 e. The Kier molecular flexibility index (Phi) is 4.38. The Balaban J connectivity index is 1.56. The average molecular weight is 354 g/mol. The molecule has 0 bridgehead atoms. The molecule has 1 saturated heterocycles. The van der Waals surface area contributed by atoms with Gasteiger partial charge in [-0.1, -0.05) is 17.7 Å². The second-order valence-electron chi connectivity index (χ2n) is 5.98. The van der Waals surface area contributed by atoms with E-state index in [1.807, 2.05) is 37.3 Å². The number of rotatable bonds is 3.